The third-order valence-electron chi connectivity index (χ3n) is 4.06. The van der Waals surface area contributed by atoms with Gasteiger partial charge < -0.3 is 5.32 Å². The van der Waals surface area contributed by atoms with Crippen molar-refractivity contribution < 1.29 is 8.42 Å². The molecule has 0 radical (unpaired) electrons. The molecule has 0 spiro atoms. The van der Waals surface area contributed by atoms with Crippen LogP contribution in [0.15, 0.2) is 0 Å². The molecule has 2 fully saturated rings. The van der Waals surface area contributed by atoms with Crippen LogP contribution in [-0.4, -0.2) is 32.5 Å². The maximum absolute atomic E-state index is 11.4. The van der Waals surface area contributed by atoms with E-state index in [-0.39, 0.29) is 0 Å². The Hall–Kier alpha value is -0.0900. The summed E-state index contributed by atoms with van der Waals surface area (Å²) in [6.07, 6.45) is 6.07. The second-order valence-electron chi connectivity index (χ2n) is 5.31. The van der Waals surface area contributed by atoms with Crippen LogP contribution in [0.1, 0.15) is 39.0 Å². The van der Waals surface area contributed by atoms with Crippen molar-refractivity contribution in [2.75, 3.05) is 18.1 Å². The van der Waals surface area contributed by atoms with E-state index in [0.717, 1.165) is 24.9 Å². The highest BCUT2D eigenvalue weighted by Gasteiger charge is 2.32. The number of rotatable bonds is 7. The smallest absolute Gasteiger partial charge is 0.150 e. The van der Waals surface area contributed by atoms with Crippen molar-refractivity contribution in [1.29, 1.82) is 0 Å². The second-order valence-corrected chi connectivity index (χ2v) is 7.78. The first-order valence-corrected chi connectivity index (χ1v) is 8.36. The Morgan fingerprint density at radius 1 is 1.12 bits per heavy atom. The van der Waals surface area contributed by atoms with Crippen molar-refractivity contribution in [2.24, 2.45) is 11.8 Å². The standard InChI is InChI=1S/C12H23NO2S/c1-2-16(14,15)8-7-10-3-4-11(10)9-13-12-5-6-12/h10-13H,2-9H2,1H3. The van der Waals surface area contributed by atoms with Crippen LogP contribution in [0.25, 0.3) is 0 Å². The highest BCUT2D eigenvalue weighted by atomic mass is 32.2. The van der Waals surface area contributed by atoms with Gasteiger partial charge in [-0.2, -0.15) is 0 Å². The van der Waals surface area contributed by atoms with E-state index in [1.807, 2.05) is 0 Å². The minimum absolute atomic E-state index is 0.296. The second kappa shape index (κ2) is 5.05. The van der Waals surface area contributed by atoms with Gasteiger partial charge in [0.2, 0.25) is 0 Å². The molecule has 0 bridgehead atoms. The number of sulfone groups is 1. The van der Waals surface area contributed by atoms with Gasteiger partial charge in [0.05, 0.1) is 5.75 Å². The van der Waals surface area contributed by atoms with E-state index < -0.39 is 9.84 Å². The van der Waals surface area contributed by atoms with Crippen LogP contribution < -0.4 is 5.32 Å². The lowest BCUT2D eigenvalue weighted by atomic mass is 9.72. The Morgan fingerprint density at radius 2 is 1.81 bits per heavy atom. The van der Waals surface area contributed by atoms with Gasteiger partial charge in [-0.05, 0) is 50.5 Å². The zero-order valence-corrected chi connectivity index (χ0v) is 10.9. The van der Waals surface area contributed by atoms with Gasteiger partial charge in [-0.1, -0.05) is 6.92 Å². The quantitative estimate of drug-likeness (QED) is 0.741. The Labute approximate surface area is 98.9 Å². The summed E-state index contributed by atoms with van der Waals surface area (Å²) in [4.78, 5) is 0. The molecule has 2 unspecified atom stereocenters. The highest BCUT2D eigenvalue weighted by Crippen LogP contribution is 2.37. The van der Waals surface area contributed by atoms with Crippen LogP contribution in [-0.2, 0) is 9.84 Å². The van der Waals surface area contributed by atoms with Crippen LogP contribution in [0, 0.1) is 11.8 Å². The fourth-order valence-corrected chi connectivity index (χ4v) is 3.32. The lowest BCUT2D eigenvalue weighted by Crippen LogP contribution is -2.37. The molecule has 0 aliphatic heterocycles. The molecule has 1 N–H and O–H groups in total. The molecule has 0 aromatic rings. The first-order chi connectivity index (χ1) is 7.61. The van der Waals surface area contributed by atoms with Crippen molar-refractivity contribution in [1.82, 2.24) is 5.32 Å². The molecule has 0 amide bonds. The van der Waals surface area contributed by atoms with Crippen molar-refractivity contribution in [3.05, 3.63) is 0 Å². The van der Waals surface area contributed by atoms with Crippen molar-refractivity contribution in [3.63, 3.8) is 0 Å². The Morgan fingerprint density at radius 3 is 2.31 bits per heavy atom. The zero-order chi connectivity index (χ0) is 11.6. The summed E-state index contributed by atoms with van der Waals surface area (Å²) in [6, 6.07) is 0.778. The molecule has 4 heteroatoms. The fraction of sp³-hybridized carbons (Fsp3) is 1.00. The molecule has 0 saturated heterocycles. The first-order valence-electron chi connectivity index (χ1n) is 6.54. The predicted molar refractivity (Wildman–Crippen MR) is 66.2 cm³/mol. The minimum atomic E-state index is -2.75. The van der Waals surface area contributed by atoms with Crippen LogP contribution in [0.2, 0.25) is 0 Å². The SMILES string of the molecule is CCS(=O)(=O)CCC1CCC1CNC1CC1. The van der Waals surface area contributed by atoms with E-state index in [9.17, 15) is 8.42 Å². The van der Waals surface area contributed by atoms with Gasteiger partial charge in [0.1, 0.15) is 9.84 Å². The van der Waals surface area contributed by atoms with E-state index in [1.165, 1.54) is 25.7 Å². The maximum Gasteiger partial charge on any atom is 0.150 e. The average Bonchev–Trinajstić information content (AvgIpc) is 3.00. The van der Waals surface area contributed by atoms with Crippen molar-refractivity contribution in [2.45, 2.75) is 45.1 Å². The van der Waals surface area contributed by atoms with E-state index in [1.54, 1.807) is 6.92 Å². The van der Waals surface area contributed by atoms with Gasteiger partial charge in [-0.25, -0.2) is 8.42 Å². The van der Waals surface area contributed by atoms with Gasteiger partial charge in [-0.3, -0.25) is 0 Å². The van der Waals surface area contributed by atoms with Crippen LogP contribution in [0.5, 0.6) is 0 Å². The topological polar surface area (TPSA) is 46.2 Å². The Balaban J connectivity index is 1.65. The molecule has 16 heavy (non-hydrogen) atoms. The minimum Gasteiger partial charge on any atom is -0.314 e. The lowest BCUT2D eigenvalue weighted by Gasteiger charge is -2.37. The summed E-state index contributed by atoms with van der Waals surface area (Å²) in [5.74, 6) is 2.10. The first kappa shape index (κ1) is 12.4. The van der Waals surface area contributed by atoms with Crippen LogP contribution in [0.4, 0.5) is 0 Å². The van der Waals surface area contributed by atoms with Gasteiger partial charge >= 0.3 is 0 Å². The largest absolute Gasteiger partial charge is 0.314 e. The third-order valence-corrected chi connectivity index (χ3v) is 5.80. The normalized spacial score (nSPS) is 30.1. The molecule has 2 saturated carbocycles. The number of hydrogen-bond acceptors (Lipinski definition) is 3. The molecule has 0 aromatic carbocycles. The molecule has 0 aromatic heterocycles. The van der Waals surface area contributed by atoms with Gasteiger partial charge in [-0.15, -0.1) is 0 Å². The maximum atomic E-state index is 11.4. The van der Waals surface area contributed by atoms with E-state index >= 15 is 0 Å². The monoisotopic (exact) mass is 245 g/mol. The van der Waals surface area contributed by atoms with Crippen molar-refractivity contribution in [3.8, 4) is 0 Å². The molecule has 0 heterocycles. The Bertz CT molecular complexity index is 322. The van der Waals surface area contributed by atoms with E-state index in [4.69, 9.17) is 0 Å². The molecule has 2 aliphatic rings. The van der Waals surface area contributed by atoms with E-state index in [0.29, 0.717) is 17.4 Å². The summed E-state index contributed by atoms with van der Waals surface area (Å²) >= 11 is 0. The Kier molecular flexibility index (Phi) is 3.90. The van der Waals surface area contributed by atoms with E-state index in [2.05, 4.69) is 5.32 Å². The molecule has 3 nitrogen and oxygen atoms in total. The lowest BCUT2D eigenvalue weighted by molar-refractivity contribution is 0.166. The van der Waals surface area contributed by atoms with Crippen LogP contribution >= 0.6 is 0 Å². The summed E-state index contributed by atoms with van der Waals surface area (Å²) in [5.41, 5.74) is 0. The zero-order valence-electron chi connectivity index (χ0n) is 10.1. The number of hydrogen-bond donors (Lipinski definition) is 1. The fourth-order valence-electron chi connectivity index (χ4n) is 2.37. The molecule has 2 aliphatic carbocycles. The summed E-state index contributed by atoms with van der Waals surface area (Å²) in [5, 5.41) is 3.55. The molecule has 2 atom stereocenters. The molecule has 2 rings (SSSR count). The summed E-state index contributed by atoms with van der Waals surface area (Å²) in [7, 11) is -2.75. The van der Waals surface area contributed by atoms with Gasteiger partial charge in [0.25, 0.3) is 0 Å². The third kappa shape index (κ3) is 3.45. The van der Waals surface area contributed by atoms with Gasteiger partial charge in [0, 0.05) is 11.8 Å². The molecular formula is C12H23NO2S. The van der Waals surface area contributed by atoms with Gasteiger partial charge in [0.15, 0.2) is 0 Å². The predicted octanol–water partition coefficient (Wildman–Crippen LogP) is 1.59. The van der Waals surface area contributed by atoms with Crippen LogP contribution in [0.3, 0.4) is 0 Å². The number of nitrogens with one attached hydrogen (secondary N) is 1. The summed E-state index contributed by atoms with van der Waals surface area (Å²) in [6.45, 7) is 2.85. The average molecular weight is 245 g/mol. The molecule has 94 valence electrons. The molecular weight excluding hydrogens is 222 g/mol. The highest BCUT2D eigenvalue weighted by molar-refractivity contribution is 7.91. The van der Waals surface area contributed by atoms with Crippen molar-refractivity contribution >= 4 is 9.84 Å². The summed E-state index contributed by atoms with van der Waals surface area (Å²) < 4.78 is 22.8.